The number of nitrogens with zero attached hydrogens (tertiary/aromatic N) is 2. The number of hydrogen-bond donors (Lipinski definition) is 1. The predicted molar refractivity (Wildman–Crippen MR) is 117 cm³/mol. The Morgan fingerprint density at radius 3 is 2.68 bits per heavy atom. The molecule has 0 spiro atoms. The first-order chi connectivity index (χ1) is 15.0. The number of amides is 1. The summed E-state index contributed by atoms with van der Waals surface area (Å²) < 4.78 is 25.6. The average Bonchev–Trinajstić information content (AvgIpc) is 3.21. The Bertz CT molecular complexity index is 1330. The zero-order chi connectivity index (χ0) is 22.0. The van der Waals surface area contributed by atoms with Crippen LogP contribution in [0.4, 0.5) is 10.1 Å². The van der Waals surface area contributed by atoms with E-state index in [0.29, 0.717) is 27.3 Å². The summed E-state index contributed by atoms with van der Waals surface area (Å²) in [5.41, 5.74) is 1.13. The number of anilines is 1. The molecule has 4 rings (SSSR count). The largest absolute Gasteiger partial charge is 0.493 e. The predicted octanol–water partition coefficient (Wildman–Crippen LogP) is 3.92. The number of halogens is 1. The second-order valence-electron chi connectivity index (χ2n) is 6.60. The normalized spacial score (nSPS) is 10.8. The van der Waals surface area contributed by atoms with Crippen molar-refractivity contribution in [1.29, 1.82) is 0 Å². The van der Waals surface area contributed by atoms with Gasteiger partial charge in [0, 0.05) is 10.9 Å². The van der Waals surface area contributed by atoms with Crippen LogP contribution in [0.15, 0.2) is 59.0 Å². The lowest BCUT2D eigenvalue weighted by Crippen LogP contribution is -2.28. The summed E-state index contributed by atoms with van der Waals surface area (Å²) in [5.74, 6) is 0.0283. The molecule has 31 heavy (non-hydrogen) atoms. The topological polar surface area (TPSA) is 82.5 Å². The fraction of sp³-hybridized carbons (Fsp3) is 0.136. The van der Waals surface area contributed by atoms with Crippen LogP contribution in [0.2, 0.25) is 0 Å². The van der Waals surface area contributed by atoms with Crippen LogP contribution in [0, 0.1) is 5.82 Å². The molecule has 9 heteroatoms. The van der Waals surface area contributed by atoms with Crippen LogP contribution in [0.1, 0.15) is 0 Å². The minimum Gasteiger partial charge on any atom is -0.493 e. The van der Waals surface area contributed by atoms with Crippen molar-refractivity contribution in [3.05, 3.63) is 70.3 Å². The van der Waals surface area contributed by atoms with E-state index in [4.69, 9.17) is 9.47 Å². The van der Waals surface area contributed by atoms with Gasteiger partial charge in [0.15, 0.2) is 11.5 Å². The summed E-state index contributed by atoms with van der Waals surface area (Å²) in [6, 6.07) is 11.2. The molecular formula is C22H18FN3O4S. The molecule has 0 atom stereocenters. The van der Waals surface area contributed by atoms with Crippen LogP contribution in [-0.2, 0) is 11.3 Å². The minimum atomic E-state index is -0.551. The van der Waals surface area contributed by atoms with E-state index in [9.17, 15) is 14.0 Å². The lowest BCUT2D eigenvalue weighted by atomic mass is 10.1. The van der Waals surface area contributed by atoms with E-state index in [1.54, 1.807) is 25.3 Å². The highest BCUT2D eigenvalue weighted by Crippen LogP contribution is 2.36. The molecule has 2 heterocycles. The van der Waals surface area contributed by atoms with Crippen LogP contribution >= 0.6 is 11.3 Å². The molecule has 0 bridgehead atoms. The number of carbonyl (C=O) groups is 1. The number of aromatic nitrogens is 2. The molecule has 0 saturated carbocycles. The van der Waals surface area contributed by atoms with Crippen LogP contribution in [0.5, 0.6) is 11.5 Å². The molecule has 1 amide bonds. The van der Waals surface area contributed by atoms with Gasteiger partial charge in [-0.25, -0.2) is 9.37 Å². The van der Waals surface area contributed by atoms with Crippen molar-refractivity contribution in [3.8, 4) is 22.6 Å². The first kappa shape index (κ1) is 20.5. The van der Waals surface area contributed by atoms with Crippen molar-refractivity contribution in [3.63, 3.8) is 0 Å². The van der Waals surface area contributed by atoms with Crippen molar-refractivity contribution in [2.24, 2.45) is 0 Å². The van der Waals surface area contributed by atoms with Crippen LogP contribution < -0.4 is 20.3 Å². The van der Waals surface area contributed by atoms with Gasteiger partial charge in [-0.05, 0) is 29.8 Å². The maximum atomic E-state index is 13.8. The first-order valence-corrected chi connectivity index (χ1v) is 10.1. The highest BCUT2D eigenvalue weighted by Gasteiger charge is 2.16. The molecular weight excluding hydrogens is 421 g/mol. The van der Waals surface area contributed by atoms with Crippen molar-refractivity contribution in [2.75, 3.05) is 19.5 Å². The van der Waals surface area contributed by atoms with Gasteiger partial charge >= 0.3 is 0 Å². The maximum Gasteiger partial charge on any atom is 0.263 e. The number of methoxy groups -OCH3 is 2. The van der Waals surface area contributed by atoms with Gasteiger partial charge in [-0.15, -0.1) is 11.3 Å². The molecule has 0 fully saturated rings. The quantitative estimate of drug-likeness (QED) is 0.492. The Morgan fingerprint density at radius 1 is 1.16 bits per heavy atom. The van der Waals surface area contributed by atoms with Crippen molar-refractivity contribution < 1.29 is 18.7 Å². The Morgan fingerprint density at radius 2 is 1.94 bits per heavy atom. The molecule has 0 aliphatic carbocycles. The number of carbonyl (C=O) groups excluding carboxylic acids is 1. The van der Waals surface area contributed by atoms with E-state index < -0.39 is 11.7 Å². The van der Waals surface area contributed by atoms with E-state index in [2.05, 4.69) is 10.3 Å². The third-order valence-corrected chi connectivity index (χ3v) is 5.60. The summed E-state index contributed by atoms with van der Waals surface area (Å²) in [7, 11) is 3.09. The number of rotatable bonds is 6. The number of nitrogens with one attached hydrogen (secondary N) is 1. The van der Waals surface area contributed by atoms with E-state index in [1.807, 2.05) is 11.4 Å². The summed E-state index contributed by atoms with van der Waals surface area (Å²) in [6.45, 7) is -0.294. The standard InChI is InChI=1S/C22H18FN3O4S/c1-29-17-8-7-13(9-18(17)30-2)14-11-31-21-20(14)22(28)26(12-24-21)10-19(27)25-16-6-4-3-5-15(16)23/h3-9,11-12H,10H2,1-2H3,(H,25,27). The van der Waals surface area contributed by atoms with Crippen molar-refractivity contribution >= 4 is 33.1 Å². The molecule has 2 aromatic heterocycles. The van der Waals surface area contributed by atoms with Crippen LogP contribution in [0.25, 0.3) is 21.3 Å². The third kappa shape index (κ3) is 3.99. The highest BCUT2D eigenvalue weighted by atomic mass is 32.1. The second kappa shape index (κ2) is 8.57. The third-order valence-electron chi connectivity index (χ3n) is 4.72. The summed E-state index contributed by atoms with van der Waals surface area (Å²) >= 11 is 1.33. The van der Waals surface area contributed by atoms with Crippen molar-refractivity contribution in [2.45, 2.75) is 6.54 Å². The van der Waals surface area contributed by atoms with E-state index in [0.717, 1.165) is 5.56 Å². The smallest absolute Gasteiger partial charge is 0.263 e. The molecule has 4 aromatic rings. The molecule has 7 nitrogen and oxygen atoms in total. The summed E-state index contributed by atoms with van der Waals surface area (Å²) in [5, 5.41) is 4.71. The fourth-order valence-corrected chi connectivity index (χ4v) is 4.11. The first-order valence-electron chi connectivity index (χ1n) is 9.25. The van der Waals surface area contributed by atoms with Gasteiger partial charge < -0.3 is 14.8 Å². The molecule has 0 saturated heterocycles. The van der Waals surface area contributed by atoms with Gasteiger partial charge in [-0.3, -0.25) is 14.2 Å². The molecule has 0 unspecified atom stereocenters. The Hall–Kier alpha value is -3.72. The Kier molecular flexibility index (Phi) is 5.68. The monoisotopic (exact) mass is 439 g/mol. The molecule has 2 aromatic carbocycles. The number of para-hydroxylation sites is 1. The Balaban J connectivity index is 1.69. The van der Waals surface area contributed by atoms with Gasteiger partial charge in [0.25, 0.3) is 5.56 Å². The highest BCUT2D eigenvalue weighted by molar-refractivity contribution is 7.17. The summed E-state index contributed by atoms with van der Waals surface area (Å²) in [6.07, 6.45) is 1.32. The maximum absolute atomic E-state index is 13.8. The molecule has 1 N–H and O–H groups in total. The number of thiophene rings is 1. The number of hydrogen-bond acceptors (Lipinski definition) is 6. The van der Waals surface area contributed by atoms with Gasteiger partial charge in [0.1, 0.15) is 17.2 Å². The van der Waals surface area contributed by atoms with Crippen LogP contribution in [-0.4, -0.2) is 29.7 Å². The lowest BCUT2D eigenvalue weighted by Gasteiger charge is -2.10. The van der Waals surface area contributed by atoms with E-state index in [1.165, 1.54) is 47.5 Å². The van der Waals surface area contributed by atoms with Crippen LogP contribution in [0.3, 0.4) is 0 Å². The Labute approximate surface area is 180 Å². The van der Waals surface area contributed by atoms with E-state index >= 15 is 0 Å². The second-order valence-corrected chi connectivity index (χ2v) is 7.46. The van der Waals surface area contributed by atoms with Gasteiger partial charge in [0.2, 0.25) is 5.91 Å². The lowest BCUT2D eigenvalue weighted by molar-refractivity contribution is -0.116. The molecule has 0 aliphatic heterocycles. The zero-order valence-electron chi connectivity index (χ0n) is 16.7. The SMILES string of the molecule is COc1ccc(-c2csc3ncn(CC(=O)Nc4ccccc4F)c(=O)c23)cc1OC. The van der Waals surface area contributed by atoms with Crippen molar-refractivity contribution in [1.82, 2.24) is 9.55 Å². The average molecular weight is 439 g/mol. The fourth-order valence-electron chi connectivity index (χ4n) is 3.20. The van der Waals surface area contributed by atoms with Gasteiger partial charge in [0.05, 0.1) is 31.6 Å². The number of ether oxygens (including phenoxy) is 2. The minimum absolute atomic E-state index is 0.0520. The molecule has 158 valence electrons. The van der Waals surface area contributed by atoms with E-state index in [-0.39, 0.29) is 17.8 Å². The molecule has 0 aliphatic rings. The summed E-state index contributed by atoms with van der Waals surface area (Å²) in [4.78, 5) is 30.4. The zero-order valence-corrected chi connectivity index (χ0v) is 17.5. The number of benzene rings is 2. The molecule has 0 radical (unpaired) electrons. The number of fused-ring (bicyclic) bond motifs is 1. The van der Waals surface area contributed by atoms with Gasteiger partial charge in [-0.2, -0.15) is 0 Å². The van der Waals surface area contributed by atoms with Gasteiger partial charge in [-0.1, -0.05) is 18.2 Å².